The van der Waals surface area contributed by atoms with Crippen molar-refractivity contribution in [2.75, 3.05) is 6.54 Å². The lowest BCUT2D eigenvalue weighted by Crippen LogP contribution is -2.36. The van der Waals surface area contributed by atoms with Crippen LogP contribution in [0.2, 0.25) is 5.02 Å². The zero-order valence-corrected chi connectivity index (χ0v) is 14.7. The standard InChI is InChI=1S/C19H28ClNO/c1-19(2,3)16-8-6-15(7-9-16)18(22)21-13-12-14-4-10-17(20)11-5-14/h4-5,10-11,15-16H,6-9,12-13H2,1-3H3,(H,21,22). The van der Waals surface area contributed by atoms with Crippen molar-refractivity contribution in [3.8, 4) is 0 Å². The van der Waals surface area contributed by atoms with Crippen LogP contribution in [0, 0.1) is 17.3 Å². The summed E-state index contributed by atoms with van der Waals surface area (Å²) in [5.74, 6) is 1.20. The monoisotopic (exact) mass is 321 g/mol. The Morgan fingerprint density at radius 2 is 1.73 bits per heavy atom. The summed E-state index contributed by atoms with van der Waals surface area (Å²) in [6.07, 6.45) is 5.29. The second-order valence-electron chi connectivity index (χ2n) is 7.58. The Morgan fingerprint density at radius 1 is 1.14 bits per heavy atom. The van der Waals surface area contributed by atoms with Crippen LogP contribution in [0.5, 0.6) is 0 Å². The number of benzene rings is 1. The summed E-state index contributed by atoms with van der Waals surface area (Å²) in [5.41, 5.74) is 1.58. The normalized spacial score (nSPS) is 22.4. The zero-order chi connectivity index (χ0) is 16.2. The van der Waals surface area contributed by atoms with E-state index < -0.39 is 0 Å². The number of hydrogen-bond donors (Lipinski definition) is 1. The van der Waals surface area contributed by atoms with Crippen LogP contribution < -0.4 is 5.32 Å². The van der Waals surface area contributed by atoms with E-state index >= 15 is 0 Å². The van der Waals surface area contributed by atoms with E-state index in [1.54, 1.807) is 0 Å². The van der Waals surface area contributed by atoms with Gasteiger partial charge in [-0.1, -0.05) is 44.5 Å². The molecule has 1 N–H and O–H groups in total. The molecule has 1 fully saturated rings. The Bertz CT molecular complexity index is 481. The lowest BCUT2D eigenvalue weighted by Gasteiger charge is -2.36. The second-order valence-corrected chi connectivity index (χ2v) is 8.02. The smallest absolute Gasteiger partial charge is 0.223 e. The van der Waals surface area contributed by atoms with Crippen molar-refractivity contribution in [1.29, 1.82) is 0 Å². The van der Waals surface area contributed by atoms with Crippen LogP contribution in [0.15, 0.2) is 24.3 Å². The molecule has 2 rings (SSSR count). The van der Waals surface area contributed by atoms with Gasteiger partial charge in [0.25, 0.3) is 0 Å². The summed E-state index contributed by atoms with van der Waals surface area (Å²) in [7, 11) is 0. The Morgan fingerprint density at radius 3 is 2.27 bits per heavy atom. The number of carbonyl (C=O) groups excluding carboxylic acids is 1. The van der Waals surface area contributed by atoms with E-state index in [0.29, 0.717) is 12.0 Å². The average molecular weight is 322 g/mol. The number of rotatable bonds is 4. The van der Waals surface area contributed by atoms with Crippen LogP contribution >= 0.6 is 11.6 Å². The van der Waals surface area contributed by atoms with Gasteiger partial charge >= 0.3 is 0 Å². The number of amides is 1. The van der Waals surface area contributed by atoms with Gasteiger partial charge in [0.2, 0.25) is 5.91 Å². The molecule has 0 aliphatic heterocycles. The molecule has 1 aliphatic carbocycles. The largest absolute Gasteiger partial charge is 0.356 e. The molecule has 0 radical (unpaired) electrons. The van der Waals surface area contributed by atoms with Crippen molar-refractivity contribution in [2.45, 2.75) is 52.9 Å². The van der Waals surface area contributed by atoms with Gasteiger partial charge in [-0.3, -0.25) is 4.79 Å². The predicted octanol–water partition coefficient (Wildman–Crippen LogP) is 4.85. The summed E-state index contributed by atoms with van der Waals surface area (Å²) in [6, 6.07) is 7.82. The first-order valence-corrected chi connectivity index (χ1v) is 8.76. The molecule has 0 aromatic heterocycles. The molecule has 1 aromatic carbocycles. The van der Waals surface area contributed by atoms with E-state index in [4.69, 9.17) is 11.6 Å². The van der Waals surface area contributed by atoms with Gasteiger partial charge < -0.3 is 5.32 Å². The van der Waals surface area contributed by atoms with E-state index in [9.17, 15) is 4.79 Å². The lowest BCUT2D eigenvalue weighted by molar-refractivity contribution is -0.126. The topological polar surface area (TPSA) is 29.1 Å². The van der Waals surface area contributed by atoms with Gasteiger partial charge in [-0.05, 0) is 61.1 Å². The molecule has 0 spiro atoms. The molecule has 1 saturated carbocycles. The van der Waals surface area contributed by atoms with E-state index in [2.05, 4.69) is 26.1 Å². The van der Waals surface area contributed by atoms with E-state index in [1.165, 1.54) is 18.4 Å². The van der Waals surface area contributed by atoms with Gasteiger partial charge in [-0.15, -0.1) is 0 Å². The van der Waals surface area contributed by atoms with Crippen molar-refractivity contribution in [1.82, 2.24) is 5.32 Å². The Balaban J connectivity index is 1.71. The van der Waals surface area contributed by atoms with Crippen LogP contribution in [0.25, 0.3) is 0 Å². The molecular formula is C19H28ClNO. The van der Waals surface area contributed by atoms with Crippen molar-refractivity contribution < 1.29 is 4.79 Å². The maximum Gasteiger partial charge on any atom is 0.223 e. The van der Waals surface area contributed by atoms with Gasteiger partial charge in [-0.25, -0.2) is 0 Å². The highest BCUT2D eigenvalue weighted by molar-refractivity contribution is 6.30. The fourth-order valence-electron chi connectivity index (χ4n) is 3.35. The molecule has 0 saturated heterocycles. The highest BCUT2D eigenvalue weighted by Gasteiger charge is 2.32. The van der Waals surface area contributed by atoms with E-state index in [1.807, 2.05) is 24.3 Å². The third-order valence-electron chi connectivity index (χ3n) is 4.95. The van der Waals surface area contributed by atoms with Gasteiger partial charge in [0, 0.05) is 17.5 Å². The number of carbonyl (C=O) groups is 1. The summed E-state index contributed by atoms with van der Waals surface area (Å²) in [4.78, 5) is 12.3. The molecule has 22 heavy (non-hydrogen) atoms. The average Bonchev–Trinajstić information content (AvgIpc) is 2.48. The summed E-state index contributed by atoms with van der Waals surface area (Å²) in [6.45, 7) is 7.64. The zero-order valence-electron chi connectivity index (χ0n) is 14.0. The highest BCUT2D eigenvalue weighted by atomic mass is 35.5. The van der Waals surface area contributed by atoms with Crippen LogP contribution in [-0.4, -0.2) is 12.5 Å². The minimum atomic E-state index is 0.212. The first-order valence-electron chi connectivity index (χ1n) is 8.38. The molecule has 3 heteroatoms. The molecule has 1 aromatic rings. The van der Waals surface area contributed by atoms with Crippen LogP contribution in [0.3, 0.4) is 0 Å². The molecule has 0 unspecified atom stereocenters. The molecular weight excluding hydrogens is 294 g/mol. The third-order valence-corrected chi connectivity index (χ3v) is 5.20. The molecule has 122 valence electrons. The van der Waals surface area contributed by atoms with Gasteiger partial charge in [0.1, 0.15) is 0 Å². The Hall–Kier alpha value is -1.02. The fraction of sp³-hybridized carbons (Fsp3) is 0.632. The molecule has 2 nitrogen and oxygen atoms in total. The van der Waals surface area contributed by atoms with Crippen LogP contribution in [-0.2, 0) is 11.2 Å². The maximum atomic E-state index is 12.3. The SMILES string of the molecule is CC(C)(C)C1CCC(C(=O)NCCc2ccc(Cl)cc2)CC1. The summed E-state index contributed by atoms with van der Waals surface area (Å²) >= 11 is 5.87. The second kappa shape index (κ2) is 7.50. The van der Waals surface area contributed by atoms with E-state index in [0.717, 1.165) is 30.2 Å². The first-order chi connectivity index (χ1) is 10.4. The van der Waals surface area contributed by atoms with Crippen molar-refractivity contribution >= 4 is 17.5 Å². The Labute approximate surface area is 139 Å². The molecule has 1 amide bonds. The van der Waals surface area contributed by atoms with Gasteiger partial charge in [0.05, 0.1) is 0 Å². The molecule has 0 bridgehead atoms. The number of hydrogen-bond acceptors (Lipinski definition) is 1. The fourth-order valence-corrected chi connectivity index (χ4v) is 3.47. The summed E-state index contributed by atoms with van der Waals surface area (Å²) < 4.78 is 0. The van der Waals surface area contributed by atoms with Gasteiger partial charge in [0.15, 0.2) is 0 Å². The quantitative estimate of drug-likeness (QED) is 0.843. The molecule has 0 heterocycles. The molecule has 1 aliphatic rings. The van der Waals surface area contributed by atoms with Crippen LogP contribution in [0.4, 0.5) is 0 Å². The lowest BCUT2D eigenvalue weighted by atomic mass is 9.69. The minimum absolute atomic E-state index is 0.212. The maximum absolute atomic E-state index is 12.3. The third kappa shape index (κ3) is 5.01. The highest BCUT2D eigenvalue weighted by Crippen LogP contribution is 2.39. The van der Waals surface area contributed by atoms with Gasteiger partial charge in [-0.2, -0.15) is 0 Å². The number of halogens is 1. The van der Waals surface area contributed by atoms with E-state index in [-0.39, 0.29) is 11.8 Å². The van der Waals surface area contributed by atoms with Crippen molar-refractivity contribution in [2.24, 2.45) is 17.3 Å². The predicted molar refractivity (Wildman–Crippen MR) is 93.1 cm³/mol. The Kier molecular flexibility index (Phi) is 5.91. The summed E-state index contributed by atoms with van der Waals surface area (Å²) in [5, 5.41) is 3.85. The van der Waals surface area contributed by atoms with Crippen molar-refractivity contribution in [3.63, 3.8) is 0 Å². The first kappa shape index (κ1) is 17.3. The van der Waals surface area contributed by atoms with Crippen molar-refractivity contribution in [3.05, 3.63) is 34.9 Å². The number of nitrogens with one attached hydrogen (secondary N) is 1. The minimum Gasteiger partial charge on any atom is -0.356 e. The van der Waals surface area contributed by atoms with Crippen LogP contribution in [0.1, 0.15) is 52.0 Å². The molecule has 0 atom stereocenters.